The van der Waals surface area contributed by atoms with Gasteiger partial charge in [0.15, 0.2) is 5.58 Å². The molecule has 3 aromatic heterocycles. The van der Waals surface area contributed by atoms with Gasteiger partial charge in [-0.05, 0) is 140 Å². The molecular formula is C66H59BN2OS2. The summed E-state index contributed by atoms with van der Waals surface area (Å²) in [6.07, 6.45) is 2.32. The average Bonchev–Trinajstić information content (AvgIpc) is 4.05. The standard InChI is InChI=1S/C66H59BN2OS2/c1-63(2,3)39-24-27-41(28-25-39)69-53-37-57-46(43-21-15-17-23-55(43)71-57)33-45(53)47-34-48-42-20-14-16-22-54(42)70-61(48)60-58(47)67(69)62-59(49-35-50-51(36-56(49)72-62)66(9,10)31-30-65(50,7)8)68(60)52-29-26-40(64(4,5)6)32-44(52)38-18-12-11-13-19-38/h11-29,32-37H,30-31H2,1-10H3. The Morgan fingerprint density at radius 3 is 1.88 bits per heavy atom. The minimum absolute atomic E-state index is 0.0118. The van der Waals surface area contributed by atoms with Gasteiger partial charge in [0.25, 0.3) is 0 Å². The SMILES string of the molecule is CC(C)(C)c1ccc(N2B3c4sc5cc6c(cc5c4N(c4ccc(C(C)(C)C)cc4-c4ccccc4)c4c3c(cc3c4oc4ccccc43)-c3cc4c(cc32)sc2ccccc24)C(C)(C)CCC6(C)C)cc1. The van der Waals surface area contributed by atoms with Crippen molar-refractivity contribution in [2.24, 2.45) is 0 Å². The van der Waals surface area contributed by atoms with E-state index in [9.17, 15) is 0 Å². The maximum atomic E-state index is 7.40. The number of benzene rings is 8. The van der Waals surface area contributed by atoms with Crippen LogP contribution in [0.1, 0.15) is 104 Å². The van der Waals surface area contributed by atoms with Crippen molar-refractivity contribution in [1.82, 2.24) is 0 Å². The van der Waals surface area contributed by atoms with Gasteiger partial charge < -0.3 is 14.1 Å². The van der Waals surface area contributed by atoms with Gasteiger partial charge in [-0.3, -0.25) is 0 Å². The Morgan fingerprint density at radius 2 is 1.14 bits per heavy atom. The van der Waals surface area contributed by atoms with E-state index in [-0.39, 0.29) is 28.5 Å². The van der Waals surface area contributed by atoms with Crippen LogP contribution in [0.15, 0.2) is 156 Å². The third kappa shape index (κ3) is 6.34. The summed E-state index contributed by atoms with van der Waals surface area (Å²) in [6.45, 7) is 23.6. The lowest BCUT2D eigenvalue weighted by Crippen LogP contribution is -2.60. The second-order valence-electron chi connectivity index (χ2n) is 24.4. The second kappa shape index (κ2) is 15.0. The summed E-state index contributed by atoms with van der Waals surface area (Å²) in [6, 6.07) is 58.3. The van der Waals surface area contributed by atoms with E-state index in [1.165, 1.54) is 108 Å². The smallest absolute Gasteiger partial charge is 0.343 e. The molecule has 0 bridgehead atoms. The Bertz CT molecular complexity index is 4080. The normalized spacial score (nSPS) is 15.9. The molecule has 1 aliphatic carbocycles. The van der Waals surface area contributed by atoms with Gasteiger partial charge >= 0.3 is 6.85 Å². The Morgan fingerprint density at radius 1 is 0.500 bits per heavy atom. The molecule has 0 fully saturated rings. The molecule has 3 nitrogen and oxygen atoms in total. The van der Waals surface area contributed by atoms with E-state index in [0.717, 1.165) is 39.7 Å². The highest BCUT2D eigenvalue weighted by Crippen LogP contribution is 2.57. The van der Waals surface area contributed by atoms with Gasteiger partial charge in [0.1, 0.15) is 5.58 Å². The summed E-state index contributed by atoms with van der Waals surface area (Å²) in [7, 11) is 0. The van der Waals surface area contributed by atoms with Crippen LogP contribution in [0.4, 0.5) is 28.4 Å². The molecule has 2 aliphatic heterocycles. The van der Waals surface area contributed by atoms with E-state index in [0.29, 0.717) is 0 Å². The van der Waals surface area contributed by atoms with Crippen molar-refractivity contribution in [2.75, 3.05) is 9.71 Å². The van der Waals surface area contributed by atoms with E-state index in [1.807, 2.05) is 22.7 Å². The van der Waals surface area contributed by atoms with Crippen molar-refractivity contribution in [1.29, 1.82) is 0 Å². The van der Waals surface area contributed by atoms with Gasteiger partial charge in [-0.25, -0.2) is 0 Å². The zero-order valence-corrected chi connectivity index (χ0v) is 44.7. The van der Waals surface area contributed by atoms with Crippen LogP contribution in [-0.2, 0) is 21.7 Å². The average molecular weight is 971 g/mol. The molecule has 11 aromatic rings. The van der Waals surface area contributed by atoms with Crippen LogP contribution in [0, 0.1) is 0 Å². The Hall–Kier alpha value is -6.60. The molecule has 6 heteroatoms. The molecule has 0 atom stereocenters. The molecule has 72 heavy (non-hydrogen) atoms. The fourth-order valence-electron chi connectivity index (χ4n) is 12.7. The predicted octanol–water partition coefficient (Wildman–Crippen LogP) is 18.5. The van der Waals surface area contributed by atoms with Crippen molar-refractivity contribution >= 4 is 120 Å². The largest absolute Gasteiger partial charge is 0.454 e. The number of anilines is 5. The van der Waals surface area contributed by atoms with Gasteiger partial charge in [0.05, 0.1) is 17.1 Å². The lowest BCUT2D eigenvalue weighted by Gasteiger charge is -2.45. The lowest BCUT2D eigenvalue weighted by atomic mass is 9.46. The molecule has 354 valence electrons. The number of hydrogen-bond acceptors (Lipinski definition) is 5. The van der Waals surface area contributed by atoms with Crippen LogP contribution < -0.4 is 20.0 Å². The molecule has 8 aromatic carbocycles. The Labute approximate surface area is 431 Å². The monoisotopic (exact) mass is 970 g/mol. The highest BCUT2D eigenvalue weighted by Gasteiger charge is 2.50. The first-order valence-electron chi connectivity index (χ1n) is 25.9. The summed E-state index contributed by atoms with van der Waals surface area (Å²) in [5.41, 5.74) is 19.7. The summed E-state index contributed by atoms with van der Waals surface area (Å²) < 4.78 is 12.7. The summed E-state index contributed by atoms with van der Waals surface area (Å²) >= 11 is 3.91. The van der Waals surface area contributed by atoms with E-state index >= 15 is 0 Å². The minimum Gasteiger partial charge on any atom is -0.454 e. The van der Waals surface area contributed by atoms with Gasteiger partial charge in [-0.15, -0.1) is 22.7 Å². The Balaban J connectivity index is 1.19. The molecule has 0 spiro atoms. The molecule has 14 rings (SSSR count). The number of nitrogens with zero attached hydrogens (tertiary/aromatic N) is 2. The molecule has 0 saturated carbocycles. The zero-order chi connectivity index (χ0) is 49.4. The molecule has 0 radical (unpaired) electrons. The molecular weight excluding hydrogens is 912 g/mol. The molecule has 0 unspecified atom stereocenters. The number of para-hydroxylation sites is 1. The molecule has 0 N–H and O–H groups in total. The zero-order valence-electron chi connectivity index (χ0n) is 43.0. The van der Waals surface area contributed by atoms with Crippen LogP contribution >= 0.6 is 22.7 Å². The minimum atomic E-state index is -0.164. The molecule has 0 saturated heterocycles. The molecule has 3 aliphatic rings. The fourth-order valence-corrected chi connectivity index (χ4v) is 15.1. The number of thiophene rings is 2. The number of hydrogen-bond donors (Lipinski definition) is 0. The molecule has 0 amide bonds. The number of furan rings is 1. The quantitative estimate of drug-likeness (QED) is 0.165. The van der Waals surface area contributed by atoms with E-state index < -0.39 is 0 Å². The van der Waals surface area contributed by atoms with Crippen molar-refractivity contribution in [3.05, 3.63) is 174 Å². The second-order valence-corrected chi connectivity index (χ2v) is 26.5. The highest BCUT2D eigenvalue weighted by molar-refractivity contribution is 7.32. The van der Waals surface area contributed by atoms with Crippen molar-refractivity contribution in [2.45, 2.75) is 104 Å². The lowest BCUT2D eigenvalue weighted by molar-refractivity contribution is 0.332. The summed E-state index contributed by atoms with van der Waals surface area (Å²) in [5.74, 6) is 0. The highest BCUT2D eigenvalue weighted by atomic mass is 32.1. The first-order valence-corrected chi connectivity index (χ1v) is 27.5. The third-order valence-corrected chi connectivity index (χ3v) is 19.1. The Kier molecular flexibility index (Phi) is 9.19. The summed E-state index contributed by atoms with van der Waals surface area (Å²) in [5, 5.41) is 6.20. The van der Waals surface area contributed by atoms with Crippen LogP contribution in [-0.4, -0.2) is 6.85 Å². The first kappa shape index (κ1) is 44.1. The van der Waals surface area contributed by atoms with Gasteiger partial charge in [-0.2, -0.15) is 0 Å². The van der Waals surface area contributed by atoms with Crippen molar-refractivity contribution < 1.29 is 4.42 Å². The van der Waals surface area contributed by atoms with E-state index in [2.05, 4.69) is 231 Å². The topological polar surface area (TPSA) is 19.6 Å². The maximum absolute atomic E-state index is 7.40. The maximum Gasteiger partial charge on any atom is 0.343 e. The van der Waals surface area contributed by atoms with Gasteiger partial charge in [-0.1, -0.05) is 154 Å². The fraction of sp³-hybridized carbons (Fsp3) is 0.242. The van der Waals surface area contributed by atoms with Crippen LogP contribution in [0.5, 0.6) is 0 Å². The van der Waals surface area contributed by atoms with Crippen molar-refractivity contribution in [3.63, 3.8) is 0 Å². The van der Waals surface area contributed by atoms with Gasteiger partial charge in [0.2, 0.25) is 0 Å². The van der Waals surface area contributed by atoms with Crippen LogP contribution in [0.3, 0.4) is 0 Å². The predicted molar refractivity (Wildman–Crippen MR) is 314 cm³/mol. The van der Waals surface area contributed by atoms with E-state index in [1.54, 1.807) is 0 Å². The van der Waals surface area contributed by atoms with Crippen molar-refractivity contribution in [3.8, 4) is 22.3 Å². The number of rotatable bonds is 3. The third-order valence-electron chi connectivity index (χ3n) is 16.8. The van der Waals surface area contributed by atoms with Crippen LogP contribution in [0.25, 0.3) is 74.5 Å². The van der Waals surface area contributed by atoms with Crippen LogP contribution in [0.2, 0.25) is 0 Å². The number of fused-ring (bicyclic) bond motifs is 14. The first-order chi connectivity index (χ1) is 34.4. The van der Waals surface area contributed by atoms with Gasteiger partial charge in [0, 0.05) is 68.3 Å². The van der Waals surface area contributed by atoms with E-state index in [4.69, 9.17) is 4.42 Å². The molecule has 5 heterocycles. The summed E-state index contributed by atoms with van der Waals surface area (Å²) in [4.78, 5) is 5.40.